The van der Waals surface area contributed by atoms with Gasteiger partial charge in [-0.3, -0.25) is 5.32 Å². The number of aromatic nitrogens is 1. The van der Waals surface area contributed by atoms with Gasteiger partial charge in [0.25, 0.3) is 0 Å². The highest BCUT2D eigenvalue weighted by atomic mass is 16.5. The third-order valence-electron chi connectivity index (χ3n) is 3.31. The van der Waals surface area contributed by atoms with E-state index in [-0.39, 0.29) is 12.1 Å². The Morgan fingerprint density at radius 3 is 3.05 bits per heavy atom. The van der Waals surface area contributed by atoms with Crippen LogP contribution in [0.1, 0.15) is 29.3 Å². The Balaban J connectivity index is 1.65. The number of amides is 2. The Hall–Kier alpha value is -2.30. The molecule has 1 aliphatic carbocycles. The zero-order valence-corrected chi connectivity index (χ0v) is 10.6. The van der Waals surface area contributed by atoms with E-state index in [4.69, 9.17) is 4.52 Å². The number of carbonyl (C=O) groups excluding carboxylic acids is 1. The van der Waals surface area contributed by atoms with Gasteiger partial charge in [0.05, 0.1) is 6.04 Å². The Kier molecular flexibility index (Phi) is 2.95. The summed E-state index contributed by atoms with van der Waals surface area (Å²) in [5.41, 5.74) is 2.51. The molecule has 5 nitrogen and oxygen atoms in total. The third kappa shape index (κ3) is 2.45. The molecule has 0 bridgehead atoms. The smallest absolute Gasteiger partial charge is 0.320 e. The topological polar surface area (TPSA) is 67.2 Å². The molecule has 0 radical (unpaired) electrons. The number of nitrogens with one attached hydrogen (secondary N) is 2. The van der Waals surface area contributed by atoms with Crippen molar-refractivity contribution in [2.75, 3.05) is 5.32 Å². The first kappa shape index (κ1) is 11.8. The molecule has 19 heavy (non-hydrogen) atoms. The third-order valence-corrected chi connectivity index (χ3v) is 3.31. The fraction of sp³-hybridized carbons (Fsp3) is 0.286. The second kappa shape index (κ2) is 4.76. The van der Waals surface area contributed by atoms with Crippen LogP contribution in [0.15, 0.2) is 34.9 Å². The SMILES string of the molecule is Cc1cc(NC(=O)NC2CCc3ccccc32)no1. The second-order valence-corrected chi connectivity index (χ2v) is 4.71. The van der Waals surface area contributed by atoms with E-state index in [0.717, 1.165) is 12.8 Å². The van der Waals surface area contributed by atoms with Gasteiger partial charge in [-0.05, 0) is 30.9 Å². The minimum absolute atomic E-state index is 0.0733. The molecule has 0 saturated carbocycles. The van der Waals surface area contributed by atoms with Crippen molar-refractivity contribution in [3.05, 3.63) is 47.2 Å². The summed E-state index contributed by atoms with van der Waals surface area (Å²) in [6, 6.07) is 9.70. The van der Waals surface area contributed by atoms with Crippen LogP contribution in [-0.2, 0) is 6.42 Å². The summed E-state index contributed by atoms with van der Waals surface area (Å²) in [5.74, 6) is 1.10. The lowest BCUT2D eigenvalue weighted by Crippen LogP contribution is -2.31. The van der Waals surface area contributed by atoms with Gasteiger partial charge in [-0.15, -0.1) is 0 Å². The highest BCUT2D eigenvalue weighted by molar-refractivity contribution is 5.88. The van der Waals surface area contributed by atoms with Crippen molar-refractivity contribution in [1.29, 1.82) is 0 Å². The molecule has 1 aliphatic rings. The molecule has 0 aliphatic heterocycles. The fourth-order valence-corrected chi connectivity index (χ4v) is 2.44. The minimum Gasteiger partial charge on any atom is -0.360 e. The molecule has 3 rings (SSSR count). The first-order chi connectivity index (χ1) is 9.22. The lowest BCUT2D eigenvalue weighted by molar-refractivity contribution is 0.248. The van der Waals surface area contributed by atoms with E-state index < -0.39 is 0 Å². The van der Waals surface area contributed by atoms with Crippen LogP contribution in [0.4, 0.5) is 10.6 Å². The number of nitrogens with zero attached hydrogens (tertiary/aromatic N) is 1. The number of anilines is 1. The fourth-order valence-electron chi connectivity index (χ4n) is 2.44. The number of hydrogen-bond acceptors (Lipinski definition) is 3. The highest BCUT2D eigenvalue weighted by Crippen LogP contribution is 2.30. The molecule has 1 atom stereocenters. The van der Waals surface area contributed by atoms with Gasteiger partial charge in [0.15, 0.2) is 5.82 Å². The lowest BCUT2D eigenvalue weighted by Gasteiger charge is -2.13. The van der Waals surface area contributed by atoms with Crippen LogP contribution in [0.3, 0.4) is 0 Å². The molecule has 98 valence electrons. The Bertz CT molecular complexity index is 606. The molecule has 2 N–H and O–H groups in total. The Morgan fingerprint density at radius 1 is 1.42 bits per heavy atom. The van der Waals surface area contributed by atoms with Gasteiger partial charge in [0, 0.05) is 6.07 Å². The van der Waals surface area contributed by atoms with Crippen LogP contribution in [0.2, 0.25) is 0 Å². The minimum atomic E-state index is -0.255. The molecule has 0 spiro atoms. The Labute approximate surface area is 111 Å². The van der Waals surface area contributed by atoms with Gasteiger partial charge in [-0.1, -0.05) is 29.4 Å². The molecule has 1 aromatic carbocycles. The van der Waals surface area contributed by atoms with E-state index >= 15 is 0 Å². The largest absolute Gasteiger partial charge is 0.360 e. The summed E-state index contributed by atoms with van der Waals surface area (Å²) < 4.78 is 4.90. The van der Waals surface area contributed by atoms with Crippen LogP contribution < -0.4 is 10.6 Å². The summed E-state index contributed by atoms with van der Waals surface area (Å²) in [7, 11) is 0. The molecule has 1 unspecified atom stereocenters. The second-order valence-electron chi connectivity index (χ2n) is 4.71. The number of hydrogen-bond donors (Lipinski definition) is 2. The summed E-state index contributed by atoms with van der Waals surface area (Å²) >= 11 is 0. The zero-order valence-electron chi connectivity index (χ0n) is 10.6. The molecular formula is C14H15N3O2. The molecular weight excluding hydrogens is 242 g/mol. The number of benzene rings is 1. The summed E-state index contributed by atoms with van der Waals surface area (Å²) in [6.07, 6.45) is 1.94. The molecule has 0 saturated heterocycles. The van der Waals surface area contributed by atoms with Gasteiger partial charge in [-0.25, -0.2) is 4.79 Å². The molecule has 2 amide bonds. The van der Waals surface area contributed by atoms with E-state index in [9.17, 15) is 4.79 Å². The van der Waals surface area contributed by atoms with Crippen molar-refractivity contribution in [3.8, 4) is 0 Å². The number of urea groups is 1. The van der Waals surface area contributed by atoms with E-state index in [1.54, 1.807) is 13.0 Å². The van der Waals surface area contributed by atoms with Crippen LogP contribution >= 0.6 is 0 Å². The van der Waals surface area contributed by atoms with Crippen molar-refractivity contribution in [2.45, 2.75) is 25.8 Å². The number of rotatable bonds is 2. The van der Waals surface area contributed by atoms with Gasteiger partial charge in [0.2, 0.25) is 0 Å². The standard InChI is InChI=1S/C14H15N3O2/c1-9-8-13(17-19-9)16-14(18)15-12-7-6-10-4-2-3-5-11(10)12/h2-5,8,12H,6-7H2,1H3,(H2,15,16,17,18). The average Bonchev–Trinajstić information content (AvgIpc) is 2.97. The number of fused-ring (bicyclic) bond motifs is 1. The van der Waals surface area contributed by atoms with Crippen LogP contribution in [0.5, 0.6) is 0 Å². The predicted octanol–water partition coefficient (Wildman–Crippen LogP) is 2.79. The Morgan fingerprint density at radius 2 is 2.26 bits per heavy atom. The molecule has 2 aromatic rings. The number of carbonyl (C=O) groups is 1. The van der Waals surface area contributed by atoms with Gasteiger partial charge in [-0.2, -0.15) is 0 Å². The maximum absolute atomic E-state index is 11.9. The lowest BCUT2D eigenvalue weighted by atomic mass is 10.1. The van der Waals surface area contributed by atoms with E-state index in [2.05, 4.69) is 27.9 Å². The van der Waals surface area contributed by atoms with Crippen molar-refractivity contribution in [3.63, 3.8) is 0 Å². The number of aryl methyl sites for hydroxylation is 2. The summed E-state index contributed by atoms with van der Waals surface area (Å²) in [4.78, 5) is 11.9. The predicted molar refractivity (Wildman–Crippen MR) is 70.9 cm³/mol. The maximum Gasteiger partial charge on any atom is 0.320 e. The average molecular weight is 257 g/mol. The van der Waals surface area contributed by atoms with Crippen molar-refractivity contribution >= 4 is 11.8 Å². The van der Waals surface area contributed by atoms with Gasteiger partial charge >= 0.3 is 6.03 Å². The molecule has 1 heterocycles. The highest BCUT2D eigenvalue weighted by Gasteiger charge is 2.23. The molecule has 5 heteroatoms. The zero-order chi connectivity index (χ0) is 13.2. The quantitative estimate of drug-likeness (QED) is 0.869. The maximum atomic E-state index is 11.9. The van der Waals surface area contributed by atoms with Crippen molar-refractivity contribution in [1.82, 2.24) is 10.5 Å². The van der Waals surface area contributed by atoms with E-state index in [1.165, 1.54) is 11.1 Å². The van der Waals surface area contributed by atoms with Crippen molar-refractivity contribution in [2.24, 2.45) is 0 Å². The molecule has 1 aromatic heterocycles. The first-order valence-electron chi connectivity index (χ1n) is 6.31. The van der Waals surface area contributed by atoms with E-state index in [0.29, 0.717) is 11.6 Å². The first-order valence-corrected chi connectivity index (χ1v) is 6.31. The van der Waals surface area contributed by atoms with Gasteiger partial charge in [0.1, 0.15) is 5.76 Å². The van der Waals surface area contributed by atoms with Gasteiger partial charge < -0.3 is 9.84 Å². The monoisotopic (exact) mass is 257 g/mol. The molecule has 0 fully saturated rings. The summed E-state index contributed by atoms with van der Waals surface area (Å²) in [6.45, 7) is 1.78. The summed E-state index contributed by atoms with van der Waals surface area (Å²) in [5, 5.41) is 9.35. The van der Waals surface area contributed by atoms with Crippen molar-refractivity contribution < 1.29 is 9.32 Å². The van der Waals surface area contributed by atoms with Crippen LogP contribution in [0.25, 0.3) is 0 Å². The van der Waals surface area contributed by atoms with Crippen LogP contribution in [0, 0.1) is 6.92 Å². The van der Waals surface area contributed by atoms with E-state index in [1.807, 2.05) is 12.1 Å². The normalized spacial score (nSPS) is 17.0. The van der Waals surface area contributed by atoms with Crippen LogP contribution in [-0.4, -0.2) is 11.2 Å².